The Hall–Kier alpha value is -1.78. The molecule has 0 radical (unpaired) electrons. The van der Waals surface area contributed by atoms with Crippen molar-refractivity contribution in [3.8, 4) is 0 Å². The fourth-order valence-electron chi connectivity index (χ4n) is 2.07. The van der Waals surface area contributed by atoms with Crippen molar-refractivity contribution in [2.24, 2.45) is 0 Å². The molecule has 3 aromatic rings. The number of thioether (sulfide) groups is 1. The first-order valence-corrected chi connectivity index (χ1v) is 8.06. The first kappa shape index (κ1) is 14.2. The van der Waals surface area contributed by atoms with E-state index in [0.29, 0.717) is 27.5 Å². The molecule has 0 aliphatic carbocycles. The number of benzene rings is 2. The minimum atomic E-state index is -0.119. The summed E-state index contributed by atoms with van der Waals surface area (Å²) in [5.41, 5.74) is 1.78. The Morgan fingerprint density at radius 2 is 1.90 bits per heavy atom. The molecule has 0 aliphatic rings. The van der Waals surface area contributed by atoms with E-state index < -0.39 is 0 Å². The van der Waals surface area contributed by atoms with Crippen molar-refractivity contribution in [3.05, 3.63) is 75.3 Å². The Morgan fingerprint density at radius 1 is 1.10 bits per heavy atom. The number of rotatable bonds is 4. The van der Waals surface area contributed by atoms with Crippen LogP contribution in [0.5, 0.6) is 0 Å². The van der Waals surface area contributed by atoms with E-state index in [1.54, 1.807) is 30.0 Å². The summed E-state index contributed by atoms with van der Waals surface area (Å²) in [6, 6.07) is 15.3. The van der Waals surface area contributed by atoms with E-state index in [9.17, 15) is 4.79 Å². The van der Waals surface area contributed by atoms with Crippen LogP contribution in [-0.4, -0.2) is 9.97 Å². The van der Waals surface area contributed by atoms with E-state index in [0.717, 1.165) is 5.75 Å². The zero-order valence-electron chi connectivity index (χ0n) is 11.2. The summed E-state index contributed by atoms with van der Waals surface area (Å²) in [6.07, 6.45) is 0. The van der Waals surface area contributed by atoms with Gasteiger partial charge in [-0.2, -0.15) is 0 Å². The van der Waals surface area contributed by atoms with E-state index in [1.165, 1.54) is 5.56 Å². The Balaban J connectivity index is 1.77. The molecule has 5 heteroatoms. The van der Waals surface area contributed by atoms with E-state index in [2.05, 4.69) is 22.1 Å². The van der Waals surface area contributed by atoms with Crippen LogP contribution >= 0.6 is 23.4 Å². The number of aromatic nitrogens is 2. The second-order valence-electron chi connectivity index (χ2n) is 4.65. The van der Waals surface area contributed by atoms with Gasteiger partial charge in [-0.15, -0.1) is 11.8 Å². The van der Waals surface area contributed by atoms with Gasteiger partial charge in [0, 0.05) is 10.8 Å². The van der Waals surface area contributed by atoms with Crippen LogP contribution in [0.1, 0.15) is 11.4 Å². The van der Waals surface area contributed by atoms with Crippen LogP contribution < -0.4 is 5.56 Å². The van der Waals surface area contributed by atoms with E-state index >= 15 is 0 Å². The van der Waals surface area contributed by atoms with Gasteiger partial charge in [-0.25, -0.2) is 4.98 Å². The highest BCUT2D eigenvalue weighted by molar-refractivity contribution is 7.97. The van der Waals surface area contributed by atoms with Crippen LogP contribution in [-0.2, 0) is 11.5 Å². The molecule has 0 spiro atoms. The van der Waals surface area contributed by atoms with Crippen LogP contribution in [0.25, 0.3) is 10.9 Å². The standard InChI is InChI=1S/C16H13ClN2OS/c17-12-6-7-13-14(8-12)18-15(19-16(13)20)10-21-9-11-4-2-1-3-5-11/h1-8H,9-10H2,(H,18,19,20). The maximum atomic E-state index is 12.0. The molecule has 0 amide bonds. The molecule has 0 atom stereocenters. The molecule has 1 N–H and O–H groups in total. The Bertz CT molecular complexity index is 817. The maximum absolute atomic E-state index is 12.0. The summed E-state index contributed by atoms with van der Waals surface area (Å²) in [7, 11) is 0. The van der Waals surface area contributed by atoms with Gasteiger partial charge in [-0.3, -0.25) is 4.79 Å². The molecule has 0 aliphatic heterocycles. The summed E-state index contributed by atoms with van der Waals surface area (Å²) in [5, 5.41) is 1.15. The highest BCUT2D eigenvalue weighted by Gasteiger charge is 2.05. The lowest BCUT2D eigenvalue weighted by Crippen LogP contribution is -2.11. The van der Waals surface area contributed by atoms with Gasteiger partial charge >= 0.3 is 0 Å². The molecular weight excluding hydrogens is 304 g/mol. The number of fused-ring (bicyclic) bond motifs is 1. The van der Waals surface area contributed by atoms with Crippen LogP contribution in [0.2, 0.25) is 5.02 Å². The molecule has 21 heavy (non-hydrogen) atoms. The van der Waals surface area contributed by atoms with Crippen LogP contribution in [0.4, 0.5) is 0 Å². The van der Waals surface area contributed by atoms with Gasteiger partial charge in [0.1, 0.15) is 5.82 Å². The second-order valence-corrected chi connectivity index (χ2v) is 6.07. The van der Waals surface area contributed by atoms with Gasteiger partial charge in [0.25, 0.3) is 5.56 Å². The molecular formula is C16H13ClN2OS. The van der Waals surface area contributed by atoms with Crippen molar-refractivity contribution >= 4 is 34.3 Å². The predicted octanol–water partition coefficient (Wildman–Crippen LogP) is 4.01. The van der Waals surface area contributed by atoms with Crippen LogP contribution in [0.15, 0.2) is 53.3 Å². The monoisotopic (exact) mass is 316 g/mol. The largest absolute Gasteiger partial charge is 0.309 e. The zero-order valence-corrected chi connectivity index (χ0v) is 12.7. The molecule has 0 saturated carbocycles. The van der Waals surface area contributed by atoms with Crippen molar-refractivity contribution in [2.45, 2.75) is 11.5 Å². The first-order chi connectivity index (χ1) is 10.2. The van der Waals surface area contributed by atoms with E-state index in [-0.39, 0.29) is 5.56 Å². The number of H-pyrrole nitrogens is 1. The number of hydrogen-bond acceptors (Lipinski definition) is 3. The van der Waals surface area contributed by atoms with Gasteiger partial charge in [0.05, 0.1) is 16.7 Å². The lowest BCUT2D eigenvalue weighted by atomic mass is 10.2. The molecule has 1 heterocycles. The molecule has 106 valence electrons. The summed E-state index contributed by atoms with van der Waals surface area (Å²) in [5.74, 6) is 2.22. The SMILES string of the molecule is O=c1[nH]c(CSCc2ccccc2)nc2cc(Cl)ccc12. The Morgan fingerprint density at radius 3 is 2.71 bits per heavy atom. The highest BCUT2D eigenvalue weighted by Crippen LogP contribution is 2.18. The number of aromatic amines is 1. The molecule has 3 nitrogen and oxygen atoms in total. The van der Waals surface area contributed by atoms with E-state index in [4.69, 9.17) is 11.6 Å². The maximum Gasteiger partial charge on any atom is 0.258 e. The smallest absolute Gasteiger partial charge is 0.258 e. The first-order valence-electron chi connectivity index (χ1n) is 6.52. The summed E-state index contributed by atoms with van der Waals surface area (Å²) in [6.45, 7) is 0. The van der Waals surface area contributed by atoms with Gasteiger partial charge in [0.15, 0.2) is 0 Å². The number of hydrogen-bond donors (Lipinski definition) is 1. The van der Waals surface area contributed by atoms with Gasteiger partial charge < -0.3 is 4.98 Å². The zero-order chi connectivity index (χ0) is 14.7. The predicted molar refractivity (Wildman–Crippen MR) is 88.8 cm³/mol. The molecule has 3 rings (SSSR count). The molecule has 0 fully saturated rings. The van der Waals surface area contributed by atoms with Crippen molar-refractivity contribution < 1.29 is 0 Å². The average Bonchev–Trinajstić information content (AvgIpc) is 2.48. The van der Waals surface area contributed by atoms with Gasteiger partial charge in [-0.1, -0.05) is 41.9 Å². The minimum Gasteiger partial charge on any atom is -0.309 e. The fraction of sp³-hybridized carbons (Fsp3) is 0.125. The van der Waals surface area contributed by atoms with Gasteiger partial charge in [-0.05, 0) is 23.8 Å². The topological polar surface area (TPSA) is 45.8 Å². The molecule has 0 saturated heterocycles. The quantitative estimate of drug-likeness (QED) is 0.791. The average molecular weight is 317 g/mol. The lowest BCUT2D eigenvalue weighted by Gasteiger charge is -2.04. The van der Waals surface area contributed by atoms with Crippen molar-refractivity contribution in [1.29, 1.82) is 0 Å². The number of halogens is 1. The van der Waals surface area contributed by atoms with Gasteiger partial charge in [0.2, 0.25) is 0 Å². The summed E-state index contributed by atoms with van der Waals surface area (Å²) < 4.78 is 0. The lowest BCUT2D eigenvalue weighted by molar-refractivity contribution is 1.04. The number of nitrogens with zero attached hydrogens (tertiary/aromatic N) is 1. The van der Waals surface area contributed by atoms with Crippen molar-refractivity contribution in [1.82, 2.24) is 9.97 Å². The third-order valence-electron chi connectivity index (χ3n) is 3.07. The third kappa shape index (κ3) is 3.46. The molecule has 0 bridgehead atoms. The molecule has 1 aromatic heterocycles. The summed E-state index contributed by atoms with van der Waals surface area (Å²) in [4.78, 5) is 19.3. The Labute approximate surface area is 131 Å². The third-order valence-corrected chi connectivity index (χ3v) is 4.32. The Kier molecular flexibility index (Phi) is 4.27. The molecule has 0 unspecified atom stereocenters. The fourth-order valence-corrected chi connectivity index (χ4v) is 3.10. The van der Waals surface area contributed by atoms with Crippen molar-refractivity contribution in [3.63, 3.8) is 0 Å². The second kappa shape index (κ2) is 6.33. The number of nitrogens with one attached hydrogen (secondary N) is 1. The van der Waals surface area contributed by atoms with Crippen LogP contribution in [0.3, 0.4) is 0 Å². The van der Waals surface area contributed by atoms with Crippen LogP contribution in [0, 0.1) is 0 Å². The molecule has 2 aromatic carbocycles. The minimum absolute atomic E-state index is 0.119. The normalized spacial score (nSPS) is 10.9. The van der Waals surface area contributed by atoms with E-state index in [1.807, 2.05) is 18.2 Å². The summed E-state index contributed by atoms with van der Waals surface area (Å²) >= 11 is 7.67. The van der Waals surface area contributed by atoms with Crippen molar-refractivity contribution in [2.75, 3.05) is 0 Å². The highest BCUT2D eigenvalue weighted by atomic mass is 35.5.